The molecule has 6 N–H and O–H groups in total. The zero-order valence-electron chi connectivity index (χ0n) is 14.2. The van der Waals surface area contributed by atoms with E-state index in [0.29, 0.717) is 0 Å². The average Bonchev–Trinajstić information content (AvgIpc) is 2.95. The number of hydrogen-bond donors (Lipinski definition) is 2. The predicted molar refractivity (Wildman–Crippen MR) is 101 cm³/mol. The Kier molecular flexibility index (Phi) is 4.83. The number of carbonyl (C=O) groups excluding carboxylic acids is 2. The molecule has 2 aromatic rings. The third kappa shape index (κ3) is 2.12. The van der Waals surface area contributed by atoms with E-state index in [1.54, 1.807) is 0 Å². The van der Waals surface area contributed by atoms with Crippen LogP contribution in [0, 0.1) is 0 Å². The van der Waals surface area contributed by atoms with Crippen LogP contribution >= 0.6 is 23.2 Å². The van der Waals surface area contributed by atoms with Crippen LogP contribution in [0.3, 0.4) is 0 Å². The summed E-state index contributed by atoms with van der Waals surface area (Å²) >= 11 is 12.5. The molecule has 2 aromatic carbocycles. The van der Waals surface area contributed by atoms with E-state index in [2.05, 4.69) is 0 Å². The second-order valence-electron chi connectivity index (χ2n) is 6.06. The van der Waals surface area contributed by atoms with E-state index in [9.17, 15) is 19.8 Å². The summed E-state index contributed by atoms with van der Waals surface area (Å²) in [6.45, 7) is 0. The first kappa shape index (κ1) is 20.8. The van der Waals surface area contributed by atoms with Crippen molar-refractivity contribution in [3.8, 4) is 11.5 Å². The third-order valence-electron chi connectivity index (χ3n) is 4.89. The standard InChI is InChI=1S/C17H12Cl2N2O4.2H2O/c1-20-13-7(18)3-5-9(22)11(13)17(15(20)24)12-10(23)6-4-8(19)14(12)21(2)16(17)25;;/h3-6,22-23H,1-2H3;2*1H2. The molecule has 0 aliphatic carbocycles. The van der Waals surface area contributed by atoms with Crippen molar-refractivity contribution >= 4 is 46.4 Å². The van der Waals surface area contributed by atoms with E-state index in [-0.39, 0.29) is 55.0 Å². The van der Waals surface area contributed by atoms with Gasteiger partial charge in [-0.2, -0.15) is 0 Å². The monoisotopic (exact) mass is 414 g/mol. The van der Waals surface area contributed by atoms with Gasteiger partial charge in [-0.15, -0.1) is 0 Å². The fourth-order valence-electron chi connectivity index (χ4n) is 3.86. The molecule has 0 aromatic heterocycles. The van der Waals surface area contributed by atoms with E-state index in [1.807, 2.05) is 0 Å². The van der Waals surface area contributed by atoms with Gasteiger partial charge in [-0.05, 0) is 24.3 Å². The number of phenols is 2. The van der Waals surface area contributed by atoms with Crippen LogP contribution < -0.4 is 9.80 Å². The Balaban J connectivity index is 0.00000131. The van der Waals surface area contributed by atoms with Gasteiger partial charge in [0.25, 0.3) is 11.8 Å². The van der Waals surface area contributed by atoms with Gasteiger partial charge in [0.15, 0.2) is 5.41 Å². The van der Waals surface area contributed by atoms with Gasteiger partial charge >= 0.3 is 0 Å². The molecule has 0 radical (unpaired) electrons. The highest BCUT2D eigenvalue weighted by atomic mass is 35.5. The van der Waals surface area contributed by atoms with Gasteiger partial charge in [0.2, 0.25) is 0 Å². The minimum absolute atomic E-state index is 0. The summed E-state index contributed by atoms with van der Waals surface area (Å²) < 4.78 is 0. The number of anilines is 2. The summed E-state index contributed by atoms with van der Waals surface area (Å²) in [6, 6.07) is 5.53. The fraction of sp³-hybridized carbons (Fsp3) is 0.176. The van der Waals surface area contributed by atoms with E-state index < -0.39 is 17.2 Å². The summed E-state index contributed by atoms with van der Waals surface area (Å²) in [5, 5.41) is 21.4. The topological polar surface area (TPSA) is 144 Å². The molecule has 0 saturated carbocycles. The number of carbonyl (C=O) groups is 2. The quantitative estimate of drug-likeness (QED) is 0.619. The summed E-state index contributed by atoms with van der Waals surface area (Å²) in [4.78, 5) is 28.9. The first-order chi connectivity index (χ1) is 11.7. The lowest BCUT2D eigenvalue weighted by Crippen LogP contribution is -2.47. The minimum atomic E-state index is -1.92. The first-order valence-electron chi connectivity index (χ1n) is 7.34. The fourth-order valence-corrected chi connectivity index (χ4v) is 4.42. The molecule has 2 amide bonds. The number of hydrogen-bond acceptors (Lipinski definition) is 4. The number of phenolic OH excluding ortho intramolecular Hbond substituents is 2. The van der Waals surface area contributed by atoms with E-state index >= 15 is 0 Å². The highest BCUT2D eigenvalue weighted by molar-refractivity contribution is 6.41. The van der Waals surface area contributed by atoms with Crippen LogP contribution in [0.2, 0.25) is 10.0 Å². The Morgan fingerprint density at radius 3 is 1.44 bits per heavy atom. The molecule has 0 saturated heterocycles. The van der Waals surface area contributed by atoms with Crippen molar-refractivity contribution in [2.75, 3.05) is 23.9 Å². The van der Waals surface area contributed by atoms with E-state index in [1.165, 1.54) is 48.2 Å². The van der Waals surface area contributed by atoms with Crippen molar-refractivity contribution in [3.05, 3.63) is 45.4 Å². The van der Waals surface area contributed by atoms with Gasteiger partial charge in [0.05, 0.1) is 21.4 Å². The summed E-state index contributed by atoms with van der Waals surface area (Å²) in [5.41, 5.74) is -1.33. The number of rotatable bonds is 0. The lowest BCUT2D eigenvalue weighted by molar-refractivity contribution is -0.131. The smallest absolute Gasteiger partial charge is 0.252 e. The van der Waals surface area contributed by atoms with E-state index in [4.69, 9.17) is 23.2 Å². The van der Waals surface area contributed by atoms with Gasteiger partial charge < -0.3 is 31.0 Å². The maximum Gasteiger partial charge on any atom is 0.252 e. The molecule has 0 fully saturated rings. The van der Waals surface area contributed by atoms with Crippen molar-refractivity contribution in [1.82, 2.24) is 0 Å². The zero-order valence-corrected chi connectivity index (χ0v) is 15.7. The number of nitrogens with zero attached hydrogens (tertiary/aromatic N) is 2. The molecule has 0 bridgehead atoms. The SMILES string of the molecule is CN1C(=O)C2(C(=O)N(C)c3c(Cl)ccc(O)c32)c2c(O)ccc(Cl)c21.O.O. The molecule has 144 valence electrons. The van der Waals surface area contributed by atoms with Crippen LogP contribution in [0.25, 0.3) is 0 Å². The molecule has 0 atom stereocenters. The molecule has 10 heteroatoms. The maximum absolute atomic E-state index is 13.2. The molecule has 2 aliphatic rings. The van der Waals surface area contributed by atoms with Gasteiger partial charge in [-0.1, -0.05) is 23.2 Å². The number of amides is 2. The lowest BCUT2D eigenvalue weighted by atomic mass is 9.75. The molecule has 1 spiro atoms. The normalized spacial score (nSPS) is 16.1. The van der Waals surface area contributed by atoms with Crippen molar-refractivity contribution < 1.29 is 30.8 Å². The van der Waals surface area contributed by atoms with Crippen LogP contribution in [-0.4, -0.2) is 47.1 Å². The summed E-state index contributed by atoms with van der Waals surface area (Å²) in [6.07, 6.45) is 0. The Hall–Kier alpha value is -2.52. The van der Waals surface area contributed by atoms with Crippen molar-refractivity contribution in [3.63, 3.8) is 0 Å². The first-order valence-corrected chi connectivity index (χ1v) is 8.10. The highest BCUT2D eigenvalue weighted by Gasteiger charge is 2.65. The second kappa shape index (κ2) is 6.28. The molecule has 27 heavy (non-hydrogen) atoms. The predicted octanol–water partition coefficient (Wildman–Crippen LogP) is 0.994. The number of aromatic hydroxyl groups is 2. The van der Waals surface area contributed by atoms with Crippen LogP contribution in [0.1, 0.15) is 11.1 Å². The number of halogens is 2. The molecule has 2 aliphatic heterocycles. The van der Waals surface area contributed by atoms with Crippen LogP contribution in [0.15, 0.2) is 24.3 Å². The van der Waals surface area contributed by atoms with Gasteiger partial charge in [-0.3, -0.25) is 9.59 Å². The highest BCUT2D eigenvalue weighted by Crippen LogP contribution is 2.60. The maximum atomic E-state index is 13.2. The number of fused-ring (bicyclic) bond motifs is 4. The molecule has 4 rings (SSSR count). The Bertz CT molecular complexity index is 914. The summed E-state index contributed by atoms with van der Waals surface area (Å²) in [7, 11) is 2.93. The molecule has 2 heterocycles. The number of likely N-dealkylation sites (N-methyl/N-ethyl adjacent to an activating group) is 2. The number of benzene rings is 2. The molecule has 8 nitrogen and oxygen atoms in total. The van der Waals surface area contributed by atoms with Gasteiger partial charge in [0, 0.05) is 25.2 Å². The molecule has 0 unspecified atom stereocenters. The third-order valence-corrected chi connectivity index (χ3v) is 5.50. The van der Waals surface area contributed by atoms with Gasteiger partial charge in [-0.25, -0.2) is 0 Å². The van der Waals surface area contributed by atoms with Gasteiger partial charge in [0.1, 0.15) is 11.5 Å². The van der Waals surface area contributed by atoms with E-state index in [0.717, 1.165) is 0 Å². The molecular weight excluding hydrogens is 399 g/mol. The largest absolute Gasteiger partial charge is 0.508 e. The Labute approximate surface area is 163 Å². The van der Waals surface area contributed by atoms with Crippen molar-refractivity contribution in [2.24, 2.45) is 0 Å². The summed E-state index contributed by atoms with van der Waals surface area (Å²) in [5.74, 6) is -1.74. The van der Waals surface area contributed by atoms with Crippen LogP contribution in [0.5, 0.6) is 11.5 Å². The van der Waals surface area contributed by atoms with Crippen LogP contribution in [-0.2, 0) is 15.0 Å². The zero-order chi connectivity index (χ0) is 18.3. The molecular formula is C17H16Cl2N2O6. The average molecular weight is 415 g/mol. The Morgan fingerprint density at radius 1 is 0.778 bits per heavy atom. The van der Waals surface area contributed by atoms with Crippen LogP contribution in [0.4, 0.5) is 11.4 Å². The minimum Gasteiger partial charge on any atom is -0.508 e. The Morgan fingerprint density at radius 2 is 1.11 bits per heavy atom. The van der Waals surface area contributed by atoms with Crippen molar-refractivity contribution in [1.29, 1.82) is 0 Å². The second-order valence-corrected chi connectivity index (χ2v) is 6.87. The lowest BCUT2D eigenvalue weighted by Gasteiger charge is -2.22. The van der Waals surface area contributed by atoms with Crippen molar-refractivity contribution in [2.45, 2.75) is 5.41 Å².